The van der Waals surface area contributed by atoms with Crippen LogP contribution in [0.1, 0.15) is 45.6 Å². The average Bonchev–Trinajstić information content (AvgIpc) is 2.54. The van der Waals surface area contributed by atoms with Crippen molar-refractivity contribution in [3.63, 3.8) is 0 Å². The zero-order chi connectivity index (χ0) is 17.5. The van der Waals surface area contributed by atoms with Crippen LogP contribution in [0.25, 0.3) is 0 Å². The predicted octanol–water partition coefficient (Wildman–Crippen LogP) is 2.78. The summed E-state index contributed by atoms with van der Waals surface area (Å²) in [6.45, 7) is 6.85. The molecule has 0 radical (unpaired) electrons. The van der Waals surface area contributed by atoms with Crippen molar-refractivity contribution in [2.24, 2.45) is 5.92 Å². The van der Waals surface area contributed by atoms with Crippen molar-refractivity contribution in [1.82, 2.24) is 5.32 Å². The van der Waals surface area contributed by atoms with Crippen LogP contribution >= 0.6 is 0 Å². The van der Waals surface area contributed by atoms with Crippen LogP contribution in [0.15, 0.2) is 30.3 Å². The molecule has 0 saturated carbocycles. The molecule has 0 aromatic heterocycles. The molecule has 1 N–H and O–H groups in total. The van der Waals surface area contributed by atoms with Gasteiger partial charge in [0.05, 0.1) is 12.0 Å². The summed E-state index contributed by atoms with van der Waals surface area (Å²) in [4.78, 5) is 24.1. The van der Waals surface area contributed by atoms with Gasteiger partial charge in [0.15, 0.2) is 6.61 Å². The molecular weight excluding hydrogens is 292 g/mol. The first-order valence-corrected chi connectivity index (χ1v) is 7.77. The number of carbonyl (C=O) groups excluding carboxylic acids is 2. The zero-order valence-electron chi connectivity index (χ0n) is 14.1. The third kappa shape index (κ3) is 5.10. The largest absolute Gasteiger partial charge is 0.455 e. The second kappa shape index (κ2) is 8.33. The molecular formula is C18H24N2O3. The van der Waals surface area contributed by atoms with E-state index in [2.05, 4.69) is 11.4 Å². The quantitative estimate of drug-likeness (QED) is 0.784. The van der Waals surface area contributed by atoms with E-state index in [1.54, 1.807) is 6.92 Å². The highest BCUT2D eigenvalue weighted by atomic mass is 16.5. The smallest absolute Gasteiger partial charge is 0.313 e. The maximum atomic E-state index is 12.2. The molecule has 0 aliphatic rings. The van der Waals surface area contributed by atoms with Gasteiger partial charge in [0.2, 0.25) is 0 Å². The normalized spacial score (nSPS) is 14.4. The van der Waals surface area contributed by atoms with Gasteiger partial charge in [0, 0.05) is 0 Å². The van der Waals surface area contributed by atoms with E-state index in [0.717, 1.165) is 5.56 Å². The Morgan fingerprint density at radius 1 is 1.30 bits per heavy atom. The Morgan fingerprint density at radius 2 is 1.91 bits per heavy atom. The van der Waals surface area contributed by atoms with Crippen molar-refractivity contribution in [1.29, 1.82) is 5.26 Å². The van der Waals surface area contributed by atoms with Crippen LogP contribution in [0.5, 0.6) is 0 Å². The molecule has 23 heavy (non-hydrogen) atoms. The van der Waals surface area contributed by atoms with Crippen molar-refractivity contribution in [2.75, 3.05) is 6.61 Å². The molecule has 0 heterocycles. The third-order valence-corrected chi connectivity index (χ3v) is 4.03. The van der Waals surface area contributed by atoms with Gasteiger partial charge in [0.1, 0.15) is 5.54 Å². The average molecular weight is 316 g/mol. The highest BCUT2D eigenvalue weighted by Gasteiger charge is 2.30. The van der Waals surface area contributed by atoms with E-state index in [1.807, 2.05) is 51.1 Å². The number of ether oxygens (including phenoxy) is 1. The number of carbonyl (C=O) groups is 2. The van der Waals surface area contributed by atoms with Crippen LogP contribution in [0.3, 0.4) is 0 Å². The lowest BCUT2D eigenvalue weighted by atomic mass is 9.90. The molecule has 1 rings (SSSR count). The van der Waals surface area contributed by atoms with E-state index in [1.165, 1.54) is 0 Å². The summed E-state index contributed by atoms with van der Waals surface area (Å²) in [6, 6.07) is 11.4. The van der Waals surface area contributed by atoms with Gasteiger partial charge in [-0.15, -0.1) is 0 Å². The number of nitrogens with zero attached hydrogens (tertiary/aromatic N) is 1. The van der Waals surface area contributed by atoms with Crippen LogP contribution in [-0.4, -0.2) is 24.0 Å². The minimum atomic E-state index is -0.979. The maximum Gasteiger partial charge on any atom is 0.313 e. The molecule has 1 aromatic carbocycles. The van der Waals surface area contributed by atoms with Crippen LogP contribution in [-0.2, 0) is 14.3 Å². The van der Waals surface area contributed by atoms with E-state index in [9.17, 15) is 14.9 Å². The summed E-state index contributed by atoms with van der Waals surface area (Å²) in [5, 5.41) is 11.8. The Balaban J connectivity index is 2.62. The fraction of sp³-hybridized carbons (Fsp3) is 0.500. The summed E-state index contributed by atoms with van der Waals surface area (Å²) < 4.78 is 5.12. The number of hydrogen-bond acceptors (Lipinski definition) is 4. The van der Waals surface area contributed by atoms with Crippen molar-refractivity contribution in [3.8, 4) is 6.07 Å². The first kappa shape index (κ1) is 18.7. The number of nitriles is 1. The van der Waals surface area contributed by atoms with Gasteiger partial charge in [-0.25, -0.2) is 0 Å². The Kier molecular flexibility index (Phi) is 6.77. The third-order valence-electron chi connectivity index (χ3n) is 4.03. The summed E-state index contributed by atoms with van der Waals surface area (Å²) in [7, 11) is 0. The Hall–Kier alpha value is -2.35. The zero-order valence-corrected chi connectivity index (χ0v) is 14.1. The molecule has 0 aliphatic carbocycles. The fourth-order valence-corrected chi connectivity index (χ4v) is 2.09. The van der Waals surface area contributed by atoms with E-state index < -0.39 is 23.3 Å². The molecule has 0 saturated heterocycles. The van der Waals surface area contributed by atoms with Gasteiger partial charge >= 0.3 is 5.97 Å². The second-order valence-electron chi connectivity index (χ2n) is 6.00. The lowest BCUT2D eigenvalue weighted by Gasteiger charge is -2.27. The van der Waals surface area contributed by atoms with Gasteiger partial charge in [-0.05, 0) is 24.8 Å². The van der Waals surface area contributed by atoms with E-state index in [0.29, 0.717) is 6.42 Å². The number of hydrogen-bond donors (Lipinski definition) is 1. The lowest BCUT2D eigenvalue weighted by molar-refractivity contribution is -0.150. The summed E-state index contributed by atoms with van der Waals surface area (Å²) in [5.41, 5.74) is -0.114. The van der Waals surface area contributed by atoms with Gasteiger partial charge in [-0.1, -0.05) is 51.1 Å². The lowest BCUT2D eigenvalue weighted by Crippen LogP contribution is -2.50. The van der Waals surface area contributed by atoms with Crippen molar-refractivity contribution < 1.29 is 14.3 Å². The van der Waals surface area contributed by atoms with E-state index in [-0.39, 0.29) is 12.5 Å². The first-order chi connectivity index (χ1) is 10.8. The monoisotopic (exact) mass is 316 g/mol. The second-order valence-corrected chi connectivity index (χ2v) is 6.00. The Bertz CT molecular complexity index is 578. The number of nitrogens with one attached hydrogen (secondary N) is 1. The Morgan fingerprint density at radius 3 is 2.39 bits per heavy atom. The van der Waals surface area contributed by atoms with Crippen LogP contribution < -0.4 is 5.32 Å². The van der Waals surface area contributed by atoms with Crippen LogP contribution in [0.2, 0.25) is 0 Å². The maximum absolute atomic E-state index is 12.2. The number of rotatable bonds is 7. The van der Waals surface area contributed by atoms with E-state index in [4.69, 9.17) is 4.74 Å². The van der Waals surface area contributed by atoms with E-state index >= 15 is 0 Å². The van der Waals surface area contributed by atoms with Crippen molar-refractivity contribution in [3.05, 3.63) is 35.9 Å². The standard InChI is InChI=1S/C18H24N2O3/c1-5-15(14-9-7-6-8-10-14)17(22)23-11-16(21)20-18(4,12-19)13(2)3/h6-10,13,15H,5,11H2,1-4H3,(H,20,21)/t15-,18+/m0/s1. The van der Waals surface area contributed by atoms with Crippen LogP contribution in [0.4, 0.5) is 0 Å². The first-order valence-electron chi connectivity index (χ1n) is 7.77. The fourth-order valence-electron chi connectivity index (χ4n) is 2.09. The summed E-state index contributed by atoms with van der Waals surface area (Å²) >= 11 is 0. The number of esters is 1. The van der Waals surface area contributed by atoms with Gasteiger partial charge in [0.25, 0.3) is 5.91 Å². The molecule has 5 nitrogen and oxygen atoms in total. The highest BCUT2D eigenvalue weighted by molar-refractivity contribution is 5.84. The molecule has 2 atom stereocenters. The predicted molar refractivity (Wildman–Crippen MR) is 87.4 cm³/mol. The molecule has 5 heteroatoms. The summed E-state index contributed by atoms with van der Waals surface area (Å²) in [5.74, 6) is -1.35. The molecule has 1 amide bonds. The summed E-state index contributed by atoms with van der Waals surface area (Å²) in [6.07, 6.45) is 0.590. The van der Waals surface area contributed by atoms with Gasteiger partial charge in [-0.3, -0.25) is 9.59 Å². The highest BCUT2D eigenvalue weighted by Crippen LogP contribution is 2.21. The SMILES string of the molecule is CC[C@H](C(=O)OCC(=O)N[C@](C)(C#N)C(C)C)c1ccccc1. The molecule has 0 fully saturated rings. The van der Waals surface area contributed by atoms with Crippen molar-refractivity contribution in [2.45, 2.75) is 45.6 Å². The topological polar surface area (TPSA) is 79.2 Å². The molecule has 0 aliphatic heterocycles. The van der Waals surface area contributed by atoms with Crippen LogP contribution in [0, 0.1) is 17.2 Å². The van der Waals surface area contributed by atoms with Gasteiger partial charge in [-0.2, -0.15) is 5.26 Å². The number of benzene rings is 1. The molecule has 124 valence electrons. The molecule has 0 spiro atoms. The minimum Gasteiger partial charge on any atom is -0.455 e. The Labute approximate surface area is 137 Å². The molecule has 0 bridgehead atoms. The minimum absolute atomic E-state index is 0.0557. The van der Waals surface area contributed by atoms with Gasteiger partial charge < -0.3 is 10.1 Å². The van der Waals surface area contributed by atoms with Crippen molar-refractivity contribution >= 4 is 11.9 Å². The molecule has 0 unspecified atom stereocenters. The molecule has 1 aromatic rings. The number of amides is 1.